The molecule has 0 spiro atoms. The molecule has 204 valence electrons. The Morgan fingerprint density at radius 3 is 2.50 bits per heavy atom. The van der Waals surface area contributed by atoms with Crippen molar-refractivity contribution in [1.82, 2.24) is 9.97 Å². The first-order valence-electron chi connectivity index (χ1n) is 12.6. The third-order valence-electron chi connectivity index (χ3n) is 5.59. The van der Waals surface area contributed by atoms with Crippen LogP contribution in [0.1, 0.15) is 62.5 Å². The fourth-order valence-corrected chi connectivity index (χ4v) is 4.68. The molecule has 1 unspecified atom stereocenters. The predicted molar refractivity (Wildman–Crippen MR) is 153 cm³/mol. The van der Waals surface area contributed by atoms with Gasteiger partial charge in [0.15, 0.2) is 0 Å². The molecule has 1 atom stereocenters. The van der Waals surface area contributed by atoms with Crippen molar-refractivity contribution in [2.24, 2.45) is 11.1 Å². The molecule has 0 saturated carbocycles. The van der Waals surface area contributed by atoms with Gasteiger partial charge in [-0.3, -0.25) is 4.72 Å². The van der Waals surface area contributed by atoms with Crippen molar-refractivity contribution in [2.75, 3.05) is 11.3 Å². The first-order valence-corrected chi connectivity index (χ1v) is 13.5. The molecule has 8 nitrogen and oxygen atoms in total. The summed E-state index contributed by atoms with van der Waals surface area (Å²) >= 11 is 1.23. The summed E-state index contributed by atoms with van der Waals surface area (Å²) in [5.74, 6) is 0.501. The number of carbonyl (C=O) groups is 1. The first-order chi connectivity index (χ1) is 17.8. The van der Waals surface area contributed by atoms with Gasteiger partial charge in [-0.25, -0.2) is 9.78 Å². The molecule has 1 heterocycles. The second-order valence-electron chi connectivity index (χ2n) is 10.8. The monoisotopic (exact) mass is 538 g/mol. The highest BCUT2D eigenvalue weighted by atomic mass is 32.2. The van der Waals surface area contributed by atoms with Crippen LogP contribution in [0.15, 0.2) is 47.4 Å². The van der Waals surface area contributed by atoms with Gasteiger partial charge in [0.1, 0.15) is 12.4 Å². The van der Waals surface area contributed by atoms with E-state index >= 15 is 0 Å². The molecule has 0 aliphatic heterocycles. The standard InChI is InChI=1S/C29H38N4O4S/c1-17(2)37-23-13-8-10-18(3)24(23)25-19(4)26(36-16-21(30)15-29(5,6)7)32-28(31-25)33-38-22-12-9-11-20(14-22)27(34)35/h8-14,17,21H,15-16,30H2,1-7H3,(H,34,35)(H,31,32,33). The van der Waals surface area contributed by atoms with Gasteiger partial charge in [0.25, 0.3) is 0 Å². The molecule has 0 aliphatic rings. The summed E-state index contributed by atoms with van der Waals surface area (Å²) in [5.41, 5.74) is 9.99. The molecule has 0 bridgehead atoms. The number of ether oxygens (including phenoxy) is 2. The lowest BCUT2D eigenvalue weighted by Crippen LogP contribution is -2.32. The zero-order valence-corrected chi connectivity index (χ0v) is 24.0. The van der Waals surface area contributed by atoms with Crippen LogP contribution in [0.2, 0.25) is 0 Å². The highest BCUT2D eigenvalue weighted by Gasteiger charge is 2.22. The topological polar surface area (TPSA) is 120 Å². The quantitative estimate of drug-likeness (QED) is 0.235. The van der Waals surface area contributed by atoms with Gasteiger partial charge in [-0.1, -0.05) is 39.0 Å². The summed E-state index contributed by atoms with van der Waals surface area (Å²) in [6.45, 7) is 14.7. The maximum Gasteiger partial charge on any atom is 0.335 e. The van der Waals surface area contributed by atoms with E-state index in [1.54, 1.807) is 18.2 Å². The van der Waals surface area contributed by atoms with E-state index < -0.39 is 5.97 Å². The minimum atomic E-state index is -0.985. The minimum absolute atomic E-state index is 0.0153. The molecule has 0 aliphatic carbocycles. The van der Waals surface area contributed by atoms with Crippen molar-refractivity contribution in [3.05, 3.63) is 59.2 Å². The van der Waals surface area contributed by atoms with E-state index in [-0.39, 0.29) is 23.1 Å². The Hall–Kier alpha value is -3.30. The fraction of sp³-hybridized carbons (Fsp3) is 0.414. The number of anilines is 1. The van der Waals surface area contributed by atoms with E-state index in [9.17, 15) is 9.90 Å². The molecule has 38 heavy (non-hydrogen) atoms. The second kappa shape index (κ2) is 12.5. The lowest BCUT2D eigenvalue weighted by Gasteiger charge is -2.24. The summed E-state index contributed by atoms with van der Waals surface area (Å²) in [4.78, 5) is 21.6. The average molecular weight is 539 g/mol. The number of aromatic carboxylic acids is 1. The molecule has 0 radical (unpaired) electrons. The summed E-state index contributed by atoms with van der Waals surface area (Å²) < 4.78 is 15.5. The van der Waals surface area contributed by atoms with Crippen molar-refractivity contribution in [3.8, 4) is 22.9 Å². The number of aryl methyl sites for hydroxylation is 1. The third kappa shape index (κ3) is 8.10. The Balaban J connectivity index is 2.01. The van der Waals surface area contributed by atoms with E-state index in [1.165, 1.54) is 11.9 Å². The minimum Gasteiger partial charge on any atom is -0.490 e. The van der Waals surface area contributed by atoms with Crippen LogP contribution in [-0.2, 0) is 0 Å². The largest absolute Gasteiger partial charge is 0.490 e. The molecule has 1 aromatic heterocycles. The molecule has 3 aromatic rings. The SMILES string of the molecule is Cc1cccc(OC(C)C)c1-c1nc(NSc2cccc(C(=O)O)c2)nc(OCC(N)CC(C)(C)C)c1C. The van der Waals surface area contributed by atoms with Crippen LogP contribution in [0.5, 0.6) is 11.6 Å². The van der Waals surface area contributed by atoms with Crippen LogP contribution in [-0.4, -0.2) is 39.8 Å². The van der Waals surface area contributed by atoms with Crippen LogP contribution in [0.25, 0.3) is 11.3 Å². The Morgan fingerprint density at radius 1 is 1.13 bits per heavy atom. The summed E-state index contributed by atoms with van der Waals surface area (Å²) in [6.07, 6.45) is 0.785. The number of carboxylic acid groups (broad SMARTS) is 1. The van der Waals surface area contributed by atoms with Crippen molar-refractivity contribution >= 4 is 23.9 Å². The Morgan fingerprint density at radius 2 is 1.84 bits per heavy atom. The lowest BCUT2D eigenvalue weighted by molar-refractivity contribution is 0.0696. The van der Waals surface area contributed by atoms with Crippen molar-refractivity contribution in [3.63, 3.8) is 0 Å². The lowest BCUT2D eigenvalue weighted by atomic mass is 9.89. The number of nitrogens with two attached hydrogens (primary N) is 1. The molecular weight excluding hydrogens is 500 g/mol. The number of hydrogen-bond donors (Lipinski definition) is 3. The van der Waals surface area contributed by atoms with Crippen LogP contribution >= 0.6 is 11.9 Å². The number of nitrogens with one attached hydrogen (secondary N) is 1. The van der Waals surface area contributed by atoms with E-state index in [4.69, 9.17) is 20.2 Å². The second-order valence-corrected chi connectivity index (χ2v) is 11.7. The molecule has 0 fully saturated rings. The van der Waals surface area contributed by atoms with Gasteiger partial charge in [0.2, 0.25) is 11.8 Å². The van der Waals surface area contributed by atoms with Gasteiger partial charge in [-0.05, 0) is 81.3 Å². The predicted octanol–water partition coefficient (Wildman–Crippen LogP) is 6.51. The summed E-state index contributed by atoms with van der Waals surface area (Å²) in [7, 11) is 0. The van der Waals surface area contributed by atoms with Crippen molar-refractivity contribution in [1.29, 1.82) is 0 Å². The van der Waals surface area contributed by atoms with Crippen LogP contribution in [0, 0.1) is 19.3 Å². The van der Waals surface area contributed by atoms with Crippen molar-refractivity contribution in [2.45, 2.75) is 71.9 Å². The number of carboxylic acids is 1. The van der Waals surface area contributed by atoms with Gasteiger partial charge in [0, 0.05) is 22.1 Å². The van der Waals surface area contributed by atoms with E-state index in [2.05, 4.69) is 30.5 Å². The summed E-state index contributed by atoms with van der Waals surface area (Å²) in [5, 5.41) is 9.32. The Kier molecular flexibility index (Phi) is 9.62. The first kappa shape index (κ1) is 29.3. The maximum atomic E-state index is 11.4. The van der Waals surface area contributed by atoms with Crippen LogP contribution in [0.3, 0.4) is 0 Å². The number of hydrogen-bond acceptors (Lipinski definition) is 8. The smallest absolute Gasteiger partial charge is 0.335 e. The number of nitrogens with zero attached hydrogens (tertiary/aromatic N) is 2. The maximum absolute atomic E-state index is 11.4. The molecule has 4 N–H and O–H groups in total. The molecular formula is C29H38N4O4S. The van der Waals surface area contributed by atoms with E-state index in [1.807, 2.05) is 52.0 Å². The molecule has 3 rings (SSSR count). The van der Waals surface area contributed by atoms with Crippen molar-refractivity contribution < 1.29 is 19.4 Å². The molecule has 9 heteroatoms. The third-order valence-corrected chi connectivity index (χ3v) is 6.36. The Labute approximate surface area is 229 Å². The number of aromatic nitrogens is 2. The normalized spacial score (nSPS) is 12.3. The highest BCUT2D eigenvalue weighted by Crippen LogP contribution is 2.38. The van der Waals surface area contributed by atoms with Gasteiger partial charge in [-0.15, -0.1) is 0 Å². The average Bonchev–Trinajstić information content (AvgIpc) is 2.82. The highest BCUT2D eigenvalue weighted by molar-refractivity contribution is 8.00. The van der Waals surface area contributed by atoms with Gasteiger partial charge in [0.05, 0.1) is 17.4 Å². The zero-order chi connectivity index (χ0) is 28.0. The molecule has 2 aromatic carbocycles. The van der Waals surface area contributed by atoms with Gasteiger partial charge >= 0.3 is 5.97 Å². The van der Waals surface area contributed by atoms with Crippen LogP contribution in [0.4, 0.5) is 5.95 Å². The van der Waals surface area contributed by atoms with Crippen LogP contribution < -0.4 is 19.9 Å². The van der Waals surface area contributed by atoms with Gasteiger partial charge < -0.3 is 20.3 Å². The summed E-state index contributed by atoms with van der Waals surface area (Å²) in [6, 6.07) is 12.4. The number of rotatable bonds is 11. The molecule has 0 amide bonds. The number of benzene rings is 2. The Bertz CT molecular complexity index is 1270. The fourth-order valence-electron chi connectivity index (χ4n) is 4.05. The van der Waals surface area contributed by atoms with Gasteiger partial charge in [-0.2, -0.15) is 4.98 Å². The van der Waals surface area contributed by atoms with E-state index in [0.717, 1.165) is 28.9 Å². The molecule has 0 saturated heterocycles. The zero-order valence-electron chi connectivity index (χ0n) is 23.2. The van der Waals surface area contributed by atoms with E-state index in [0.29, 0.717) is 29.0 Å².